The zero-order valence-corrected chi connectivity index (χ0v) is 9.21. The number of carbonyl (C=O) groups is 1. The van der Waals surface area contributed by atoms with E-state index in [4.69, 9.17) is 9.47 Å². The first-order chi connectivity index (χ1) is 6.40. The van der Waals surface area contributed by atoms with E-state index >= 15 is 0 Å². The first kappa shape index (κ1) is 10.9. The van der Waals surface area contributed by atoms with E-state index in [0.29, 0.717) is 5.76 Å². The van der Waals surface area contributed by atoms with Crippen molar-refractivity contribution in [1.82, 2.24) is 0 Å². The summed E-state index contributed by atoms with van der Waals surface area (Å²) < 4.78 is 15.5. The van der Waals surface area contributed by atoms with E-state index in [1.54, 1.807) is 13.8 Å². The van der Waals surface area contributed by atoms with Crippen LogP contribution in [-0.4, -0.2) is 18.9 Å². The van der Waals surface area contributed by atoms with Crippen LogP contribution in [0.25, 0.3) is 0 Å². The van der Waals surface area contributed by atoms with E-state index in [2.05, 4.69) is 4.74 Å². The molecule has 80 valence electrons. The first-order valence-electron chi connectivity index (χ1n) is 4.58. The molecule has 0 aromatic heterocycles. The lowest BCUT2D eigenvalue weighted by Crippen LogP contribution is -2.33. The van der Waals surface area contributed by atoms with Gasteiger partial charge in [0, 0.05) is 12.8 Å². The maximum absolute atomic E-state index is 11.2. The van der Waals surface area contributed by atoms with Crippen LogP contribution in [0.15, 0.2) is 11.5 Å². The normalized spacial score (nSPS) is 26.1. The number of allylic oxidation sites excluding steroid dienone is 1. The number of hydrogen-bond acceptors (Lipinski definition) is 4. The van der Waals surface area contributed by atoms with Crippen LogP contribution in [0.5, 0.6) is 0 Å². The molecular formula is C10H16O4. The summed E-state index contributed by atoms with van der Waals surface area (Å²) in [6.07, 6.45) is 0. The van der Waals surface area contributed by atoms with E-state index < -0.39 is 11.8 Å². The minimum atomic E-state index is -0.756. The van der Waals surface area contributed by atoms with Crippen molar-refractivity contribution in [3.8, 4) is 0 Å². The predicted octanol–water partition coefficient (Wildman–Crippen LogP) is 1.81. The second-order valence-corrected chi connectivity index (χ2v) is 3.75. The molecule has 0 aromatic rings. The molecule has 0 radical (unpaired) electrons. The van der Waals surface area contributed by atoms with Crippen LogP contribution in [0.2, 0.25) is 0 Å². The summed E-state index contributed by atoms with van der Waals surface area (Å²) in [5.74, 6) is -0.448. The maximum atomic E-state index is 11.2. The average Bonchev–Trinajstić information content (AvgIpc) is 2.42. The van der Waals surface area contributed by atoms with Gasteiger partial charge in [-0.1, -0.05) is 13.8 Å². The summed E-state index contributed by atoms with van der Waals surface area (Å²) in [5.41, 5.74) is 0. The third kappa shape index (κ3) is 1.69. The van der Waals surface area contributed by atoms with Gasteiger partial charge in [0.15, 0.2) is 0 Å². The van der Waals surface area contributed by atoms with Crippen molar-refractivity contribution >= 4 is 5.97 Å². The topological polar surface area (TPSA) is 44.8 Å². The molecule has 0 N–H and O–H groups in total. The third-order valence-corrected chi connectivity index (χ3v) is 2.40. The van der Waals surface area contributed by atoms with Gasteiger partial charge in [0.25, 0.3) is 5.79 Å². The van der Waals surface area contributed by atoms with Gasteiger partial charge in [-0.15, -0.1) is 0 Å². The zero-order valence-electron chi connectivity index (χ0n) is 9.21. The second-order valence-electron chi connectivity index (χ2n) is 3.75. The van der Waals surface area contributed by atoms with Gasteiger partial charge in [0.05, 0.1) is 7.11 Å². The van der Waals surface area contributed by atoms with Gasteiger partial charge in [-0.05, 0) is 6.92 Å². The van der Waals surface area contributed by atoms with E-state index in [1.807, 2.05) is 13.8 Å². The molecule has 0 amide bonds. The highest BCUT2D eigenvalue weighted by Gasteiger charge is 2.42. The molecule has 1 atom stereocenters. The van der Waals surface area contributed by atoms with Gasteiger partial charge in [0.1, 0.15) is 5.76 Å². The van der Waals surface area contributed by atoms with Crippen molar-refractivity contribution in [3.05, 3.63) is 11.5 Å². The number of esters is 1. The number of methoxy groups -OCH3 is 1. The SMILES string of the molecule is COC(=O)C1=C(C)OC(C)(C(C)C)O1. The molecule has 0 aromatic carbocycles. The van der Waals surface area contributed by atoms with E-state index in [1.165, 1.54) is 7.11 Å². The Morgan fingerprint density at radius 2 is 2.00 bits per heavy atom. The Hall–Kier alpha value is -1.19. The molecule has 0 spiro atoms. The molecule has 4 heteroatoms. The second kappa shape index (κ2) is 3.52. The van der Waals surface area contributed by atoms with Crippen molar-refractivity contribution in [2.75, 3.05) is 7.11 Å². The summed E-state index contributed by atoms with van der Waals surface area (Å²) in [7, 11) is 1.32. The van der Waals surface area contributed by atoms with Gasteiger partial charge < -0.3 is 14.2 Å². The lowest BCUT2D eigenvalue weighted by molar-refractivity contribution is -0.177. The summed E-state index contributed by atoms with van der Waals surface area (Å²) in [6.45, 7) is 7.43. The summed E-state index contributed by atoms with van der Waals surface area (Å²) in [6, 6.07) is 0. The predicted molar refractivity (Wildman–Crippen MR) is 50.1 cm³/mol. The third-order valence-electron chi connectivity index (χ3n) is 2.40. The Morgan fingerprint density at radius 1 is 1.43 bits per heavy atom. The fourth-order valence-electron chi connectivity index (χ4n) is 1.16. The molecule has 0 aliphatic carbocycles. The fraction of sp³-hybridized carbons (Fsp3) is 0.700. The van der Waals surface area contributed by atoms with Crippen LogP contribution in [0.4, 0.5) is 0 Å². The minimum absolute atomic E-state index is 0.152. The molecular weight excluding hydrogens is 184 g/mol. The average molecular weight is 200 g/mol. The Bertz CT molecular complexity index is 280. The lowest BCUT2D eigenvalue weighted by Gasteiger charge is -2.27. The summed E-state index contributed by atoms with van der Waals surface area (Å²) in [5, 5.41) is 0. The van der Waals surface area contributed by atoms with E-state index in [0.717, 1.165) is 0 Å². The lowest BCUT2D eigenvalue weighted by atomic mass is 10.1. The molecule has 0 bridgehead atoms. The maximum Gasteiger partial charge on any atom is 0.377 e. The van der Waals surface area contributed by atoms with Crippen LogP contribution in [0.3, 0.4) is 0 Å². The van der Waals surface area contributed by atoms with Crippen LogP contribution in [0, 0.1) is 5.92 Å². The standard InChI is InChI=1S/C10H16O4/c1-6(2)10(4)13-7(3)8(14-10)9(11)12-5/h6H,1-5H3. The van der Waals surface area contributed by atoms with Crippen LogP contribution < -0.4 is 0 Å². The fourth-order valence-corrected chi connectivity index (χ4v) is 1.16. The van der Waals surface area contributed by atoms with Crippen molar-refractivity contribution < 1.29 is 19.0 Å². The smallest absolute Gasteiger partial charge is 0.377 e. The highest BCUT2D eigenvalue weighted by atomic mass is 16.7. The highest BCUT2D eigenvalue weighted by molar-refractivity contribution is 5.87. The Morgan fingerprint density at radius 3 is 2.36 bits per heavy atom. The van der Waals surface area contributed by atoms with E-state index in [9.17, 15) is 4.79 Å². The molecule has 1 aliphatic rings. The zero-order chi connectivity index (χ0) is 10.9. The van der Waals surface area contributed by atoms with Gasteiger partial charge >= 0.3 is 5.97 Å². The monoisotopic (exact) mass is 200 g/mol. The highest BCUT2D eigenvalue weighted by Crippen LogP contribution is 2.36. The first-order valence-corrected chi connectivity index (χ1v) is 4.58. The minimum Gasteiger partial charge on any atom is -0.463 e. The van der Waals surface area contributed by atoms with Gasteiger partial charge in [0.2, 0.25) is 5.76 Å². The molecule has 14 heavy (non-hydrogen) atoms. The molecule has 0 saturated carbocycles. The molecule has 4 nitrogen and oxygen atoms in total. The number of carbonyl (C=O) groups excluding carboxylic acids is 1. The van der Waals surface area contributed by atoms with Crippen molar-refractivity contribution in [1.29, 1.82) is 0 Å². The number of hydrogen-bond donors (Lipinski definition) is 0. The Labute approximate surface area is 83.8 Å². The van der Waals surface area contributed by atoms with Crippen molar-refractivity contribution in [3.63, 3.8) is 0 Å². The van der Waals surface area contributed by atoms with Crippen LogP contribution in [-0.2, 0) is 19.0 Å². The van der Waals surface area contributed by atoms with Gasteiger partial charge in [-0.2, -0.15) is 0 Å². The molecule has 0 fully saturated rings. The molecule has 1 aliphatic heterocycles. The number of rotatable bonds is 2. The quantitative estimate of drug-likeness (QED) is 0.638. The van der Waals surface area contributed by atoms with E-state index in [-0.39, 0.29) is 11.7 Å². The van der Waals surface area contributed by atoms with Crippen LogP contribution in [0.1, 0.15) is 27.7 Å². The number of ether oxygens (including phenoxy) is 3. The summed E-state index contributed by atoms with van der Waals surface area (Å²) >= 11 is 0. The van der Waals surface area contributed by atoms with Crippen LogP contribution >= 0.6 is 0 Å². The molecule has 1 rings (SSSR count). The van der Waals surface area contributed by atoms with Crippen molar-refractivity contribution in [2.45, 2.75) is 33.5 Å². The Kier molecular flexibility index (Phi) is 2.73. The molecule has 0 saturated heterocycles. The van der Waals surface area contributed by atoms with Gasteiger partial charge in [-0.25, -0.2) is 4.79 Å². The van der Waals surface area contributed by atoms with Crippen molar-refractivity contribution in [2.24, 2.45) is 5.92 Å². The Balaban J connectivity index is 2.83. The largest absolute Gasteiger partial charge is 0.463 e. The van der Waals surface area contributed by atoms with Gasteiger partial charge in [-0.3, -0.25) is 0 Å². The summed E-state index contributed by atoms with van der Waals surface area (Å²) in [4.78, 5) is 11.2. The molecule has 1 unspecified atom stereocenters. The molecule has 1 heterocycles.